The molecule has 1 saturated heterocycles. The van der Waals surface area contributed by atoms with Crippen molar-refractivity contribution in [2.75, 3.05) is 26.2 Å². The number of carbonyl (C=O) groups excluding carboxylic acids is 1. The zero-order chi connectivity index (χ0) is 8.10. The van der Waals surface area contributed by atoms with E-state index in [4.69, 9.17) is 5.11 Å². The van der Waals surface area contributed by atoms with Gasteiger partial charge in [-0.3, -0.25) is 4.79 Å². The molecule has 0 bridgehead atoms. The molecule has 1 heterocycles. The van der Waals surface area contributed by atoms with Crippen molar-refractivity contribution in [3.63, 3.8) is 0 Å². The van der Waals surface area contributed by atoms with Gasteiger partial charge < -0.3 is 15.7 Å². The van der Waals surface area contributed by atoms with Crippen molar-refractivity contribution in [2.45, 2.75) is 6.42 Å². The number of aliphatic hydroxyl groups excluding tert-OH is 1. The number of amides is 1. The van der Waals surface area contributed by atoms with E-state index in [9.17, 15) is 4.79 Å². The Bertz CT molecular complexity index is 132. The highest BCUT2D eigenvalue weighted by atomic mass is 16.3. The van der Waals surface area contributed by atoms with E-state index in [0.29, 0.717) is 12.5 Å². The van der Waals surface area contributed by atoms with Crippen LogP contribution in [0.15, 0.2) is 0 Å². The number of aliphatic hydroxyl groups is 1. The van der Waals surface area contributed by atoms with Crippen LogP contribution in [0.1, 0.15) is 6.42 Å². The molecule has 64 valence electrons. The monoisotopic (exact) mass is 158 g/mol. The van der Waals surface area contributed by atoms with Gasteiger partial charge >= 0.3 is 0 Å². The average Bonchev–Trinajstić information content (AvgIpc) is 2.52. The highest BCUT2D eigenvalue weighted by molar-refractivity contribution is 5.76. The fourth-order valence-corrected chi connectivity index (χ4v) is 1.20. The second-order valence-corrected chi connectivity index (χ2v) is 2.82. The summed E-state index contributed by atoms with van der Waals surface area (Å²) in [5, 5.41) is 14.2. The number of nitrogens with one attached hydrogen (secondary N) is 2. The van der Waals surface area contributed by atoms with Gasteiger partial charge in [0, 0.05) is 6.54 Å². The van der Waals surface area contributed by atoms with Crippen LogP contribution in [0.25, 0.3) is 0 Å². The van der Waals surface area contributed by atoms with Crippen molar-refractivity contribution in [3.05, 3.63) is 0 Å². The molecule has 0 aromatic heterocycles. The molecule has 0 aliphatic carbocycles. The van der Waals surface area contributed by atoms with Gasteiger partial charge in [-0.05, 0) is 25.4 Å². The van der Waals surface area contributed by atoms with E-state index < -0.39 is 6.61 Å². The molecule has 1 fully saturated rings. The van der Waals surface area contributed by atoms with Crippen LogP contribution in [-0.2, 0) is 4.79 Å². The van der Waals surface area contributed by atoms with Gasteiger partial charge in [-0.2, -0.15) is 0 Å². The quantitative estimate of drug-likeness (QED) is 0.478. The summed E-state index contributed by atoms with van der Waals surface area (Å²) in [6.45, 7) is 2.30. The highest BCUT2D eigenvalue weighted by Crippen LogP contribution is 2.04. The standard InChI is InChI=1S/C7H14N2O2/c10-5-7(11)9-4-6-1-2-8-3-6/h6,8,10H,1-5H2,(H,9,11). The summed E-state index contributed by atoms with van der Waals surface area (Å²) in [7, 11) is 0. The summed E-state index contributed by atoms with van der Waals surface area (Å²) in [5.74, 6) is 0.266. The lowest BCUT2D eigenvalue weighted by Gasteiger charge is -2.07. The molecule has 1 aliphatic rings. The van der Waals surface area contributed by atoms with Gasteiger partial charge in [0.2, 0.25) is 5.91 Å². The summed E-state index contributed by atoms with van der Waals surface area (Å²) >= 11 is 0. The molecule has 11 heavy (non-hydrogen) atoms. The first-order valence-corrected chi connectivity index (χ1v) is 3.91. The normalized spacial score (nSPS) is 23.5. The van der Waals surface area contributed by atoms with Crippen LogP contribution >= 0.6 is 0 Å². The molecular formula is C7H14N2O2. The van der Waals surface area contributed by atoms with E-state index in [1.54, 1.807) is 0 Å². The molecule has 0 radical (unpaired) electrons. The molecule has 0 spiro atoms. The third-order valence-electron chi connectivity index (χ3n) is 1.89. The Balaban J connectivity index is 2.06. The van der Waals surface area contributed by atoms with E-state index in [-0.39, 0.29) is 5.91 Å². The van der Waals surface area contributed by atoms with Crippen LogP contribution in [0, 0.1) is 5.92 Å². The number of carbonyl (C=O) groups is 1. The summed E-state index contributed by atoms with van der Waals surface area (Å²) in [4.78, 5) is 10.6. The van der Waals surface area contributed by atoms with Crippen LogP contribution < -0.4 is 10.6 Å². The molecule has 1 rings (SSSR count). The van der Waals surface area contributed by atoms with Gasteiger partial charge in [-0.15, -0.1) is 0 Å². The Hall–Kier alpha value is -0.610. The van der Waals surface area contributed by atoms with Crippen molar-refractivity contribution in [3.8, 4) is 0 Å². The minimum Gasteiger partial charge on any atom is -0.387 e. The molecule has 3 N–H and O–H groups in total. The zero-order valence-electron chi connectivity index (χ0n) is 6.47. The fraction of sp³-hybridized carbons (Fsp3) is 0.857. The first-order chi connectivity index (χ1) is 5.33. The van der Waals surface area contributed by atoms with Crippen LogP contribution in [0.5, 0.6) is 0 Å². The number of hydrogen-bond donors (Lipinski definition) is 3. The summed E-state index contributed by atoms with van der Waals surface area (Å²) in [5.41, 5.74) is 0. The van der Waals surface area contributed by atoms with Crippen LogP contribution in [0.3, 0.4) is 0 Å². The third-order valence-corrected chi connectivity index (χ3v) is 1.89. The van der Waals surface area contributed by atoms with Crippen molar-refractivity contribution in [1.82, 2.24) is 10.6 Å². The van der Waals surface area contributed by atoms with Crippen LogP contribution in [0.2, 0.25) is 0 Å². The Labute approximate surface area is 66.0 Å². The first kappa shape index (κ1) is 8.49. The Morgan fingerprint density at radius 2 is 2.55 bits per heavy atom. The Morgan fingerprint density at radius 1 is 1.73 bits per heavy atom. The smallest absolute Gasteiger partial charge is 0.245 e. The maximum atomic E-state index is 10.6. The van der Waals surface area contributed by atoms with Gasteiger partial charge in [-0.1, -0.05) is 0 Å². The van der Waals surface area contributed by atoms with Gasteiger partial charge in [-0.25, -0.2) is 0 Å². The number of rotatable bonds is 3. The van der Waals surface area contributed by atoms with Crippen molar-refractivity contribution < 1.29 is 9.90 Å². The van der Waals surface area contributed by atoms with Crippen molar-refractivity contribution >= 4 is 5.91 Å². The van der Waals surface area contributed by atoms with E-state index in [2.05, 4.69) is 10.6 Å². The van der Waals surface area contributed by atoms with E-state index in [0.717, 1.165) is 19.5 Å². The molecule has 1 amide bonds. The minimum absolute atomic E-state index is 0.281. The third kappa shape index (κ3) is 2.86. The number of hydrogen-bond acceptors (Lipinski definition) is 3. The average molecular weight is 158 g/mol. The fourth-order valence-electron chi connectivity index (χ4n) is 1.20. The van der Waals surface area contributed by atoms with E-state index in [1.807, 2.05) is 0 Å². The lowest BCUT2D eigenvalue weighted by molar-refractivity contribution is -0.123. The molecule has 1 aliphatic heterocycles. The maximum Gasteiger partial charge on any atom is 0.245 e. The minimum atomic E-state index is -0.403. The summed E-state index contributed by atoms with van der Waals surface area (Å²) < 4.78 is 0. The van der Waals surface area contributed by atoms with Gasteiger partial charge in [0.25, 0.3) is 0 Å². The molecule has 1 unspecified atom stereocenters. The molecule has 4 nitrogen and oxygen atoms in total. The second kappa shape index (κ2) is 4.31. The molecule has 0 saturated carbocycles. The molecular weight excluding hydrogens is 144 g/mol. The van der Waals surface area contributed by atoms with Gasteiger partial charge in [0.05, 0.1) is 0 Å². The van der Waals surface area contributed by atoms with Gasteiger partial charge in [0.15, 0.2) is 0 Å². The van der Waals surface area contributed by atoms with Crippen molar-refractivity contribution in [1.29, 1.82) is 0 Å². The molecule has 1 atom stereocenters. The molecule has 0 aromatic carbocycles. The zero-order valence-corrected chi connectivity index (χ0v) is 6.47. The maximum absolute atomic E-state index is 10.6. The summed E-state index contributed by atoms with van der Waals surface area (Å²) in [6.07, 6.45) is 1.12. The highest BCUT2D eigenvalue weighted by Gasteiger charge is 2.14. The summed E-state index contributed by atoms with van der Waals surface area (Å²) in [6, 6.07) is 0. The largest absolute Gasteiger partial charge is 0.387 e. The lowest BCUT2D eigenvalue weighted by atomic mass is 10.1. The van der Waals surface area contributed by atoms with Crippen LogP contribution in [-0.4, -0.2) is 37.3 Å². The Morgan fingerprint density at radius 3 is 3.09 bits per heavy atom. The first-order valence-electron chi connectivity index (χ1n) is 3.91. The molecule has 4 heteroatoms. The topological polar surface area (TPSA) is 61.4 Å². The molecule has 0 aromatic rings. The van der Waals surface area contributed by atoms with Crippen LogP contribution in [0.4, 0.5) is 0 Å². The predicted molar refractivity (Wildman–Crippen MR) is 41.1 cm³/mol. The van der Waals surface area contributed by atoms with E-state index in [1.165, 1.54) is 0 Å². The lowest BCUT2D eigenvalue weighted by Crippen LogP contribution is -2.32. The SMILES string of the molecule is O=C(CO)NCC1CCNC1. The van der Waals surface area contributed by atoms with Gasteiger partial charge in [0.1, 0.15) is 6.61 Å². The predicted octanol–water partition coefficient (Wildman–Crippen LogP) is -1.30. The van der Waals surface area contributed by atoms with E-state index >= 15 is 0 Å². The van der Waals surface area contributed by atoms with Crippen molar-refractivity contribution in [2.24, 2.45) is 5.92 Å². The Kier molecular flexibility index (Phi) is 3.32. The second-order valence-electron chi connectivity index (χ2n) is 2.82.